The average molecular weight is 484 g/mol. The van der Waals surface area contributed by atoms with Crippen molar-refractivity contribution < 1.29 is 0 Å². The summed E-state index contributed by atoms with van der Waals surface area (Å²) in [5.41, 5.74) is 3.92. The van der Waals surface area contributed by atoms with Crippen molar-refractivity contribution in [3.8, 4) is 0 Å². The first-order chi connectivity index (χ1) is 15.6. The van der Waals surface area contributed by atoms with Gasteiger partial charge < -0.3 is 4.57 Å². The maximum Gasteiger partial charge on any atom is 0.150 e. The maximum atomic E-state index is 2.82. The van der Waals surface area contributed by atoms with E-state index >= 15 is 0 Å². The summed E-state index contributed by atoms with van der Waals surface area (Å²) in [5.74, 6) is 7.62. The van der Waals surface area contributed by atoms with E-state index in [9.17, 15) is 0 Å². The summed E-state index contributed by atoms with van der Waals surface area (Å²) >= 11 is 0. The second kappa shape index (κ2) is 9.07. The predicted octanol–water partition coefficient (Wildman–Crippen LogP) is 9.05. The summed E-state index contributed by atoms with van der Waals surface area (Å²) in [6, 6.07) is 1.25. The van der Waals surface area contributed by atoms with Gasteiger partial charge in [-0.05, 0) is 71.3 Å². The fraction of sp³-hybridized carbons (Fsp3) is 0.935. The molecule has 3 heteroatoms. The monoisotopic (exact) mass is 483 g/mol. The van der Waals surface area contributed by atoms with Gasteiger partial charge in [-0.15, -0.1) is 0 Å². The van der Waals surface area contributed by atoms with E-state index in [0.717, 1.165) is 53.9 Å². The number of rotatable bonds is 8. The number of nitrogens with zero attached hydrogens (tertiary/aromatic N) is 1. The highest BCUT2D eigenvalue weighted by Gasteiger charge is 2.62. The van der Waals surface area contributed by atoms with Crippen LogP contribution >= 0.6 is 0 Å². The molecule has 0 spiro atoms. The summed E-state index contributed by atoms with van der Waals surface area (Å²) in [7, 11) is -1.56. The first-order valence-electron chi connectivity index (χ1n) is 15.1. The highest BCUT2D eigenvalue weighted by molar-refractivity contribution is 6.79. The van der Waals surface area contributed by atoms with Crippen LogP contribution in [0.2, 0.25) is 31.0 Å². The molecular formula is C31H58BNSi. The molecule has 0 aromatic heterocycles. The van der Waals surface area contributed by atoms with Crippen molar-refractivity contribution in [3.05, 3.63) is 11.8 Å². The van der Waals surface area contributed by atoms with Gasteiger partial charge in [-0.3, -0.25) is 0 Å². The molecule has 6 fully saturated rings. The largest absolute Gasteiger partial charge is 0.316 e. The molecule has 0 aromatic rings. The van der Waals surface area contributed by atoms with Crippen molar-refractivity contribution >= 4 is 14.9 Å². The Bertz CT molecular complexity index is 717. The lowest BCUT2D eigenvalue weighted by Crippen LogP contribution is -2.59. The van der Waals surface area contributed by atoms with Crippen molar-refractivity contribution in [1.29, 1.82) is 0 Å². The third-order valence-electron chi connectivity index (χ3n) is 12.6. The Morgan fingerprint density at radius 1 is 0.794 bits per heavy atom. The molecular weight excluding hydrogens is 425 g/mol. The molecule has 0 heterocycles. The zero-order chi connectivity index (χ0) is 25.4. The van der Waals surface area contributed by atoms with Crippen molar-refractivity contribution in [2.45, 2.75) is 138 Å². The van der Waals surface area contributed by atoms with Crippen LogP contribution < -0.4 is 0 Å². The van der Waals surface area contributed by atoms with Crippen molar-refractivity contribution in [3.63, 3.8) is 0 Å². The Hall–Kier alpha value is -0.0182. The third-order valence-corrected chi connectivity index (χ3v) is 16.1. The van der Waals surface area contributed by atoms with Crippen LogP contribution in [0.5, 0.6) is 0 Å². The smallest absolute Gasteiger partial charge is 0.150 e. The van der Waals surface area contributed by atoms with E-state index in [4.69, 9.17) is 0 Å². The van der Waals surface area contributed by atoms with Crippen molar-refractivity contribution in [1.82, 2.24) is 4.57 Å². The highest BCUT2D eigenvalue weighted by atomic mass is 28.3. The Morgan fingerprint density at radius 2 is 1.21 bits per heavy atom. The number of hydrogen-bond donors (Lipinski definition) is 0. The van der Waals surface area contributed by atoms with Gasteiger partial charge in [-0.2, -0.15) is 0 Å². The van der Waals surface area contributed by atoms with Crippen LogP contribution in [-0.4, -0.2) is 31.6 Å². The van der Waals surface area contributed by atoms with Gasteiger partial charge >= 0.3 is 0 Å². The Labute approximate surface area is 215 Å². The molecule has 1 nitrogen and oxygen atoms in total. The van der Waals surface area contributed by atoms with Crippen LogP contribution in [0.3, 0.4) is 0 Å². The minimum atomic E-state index is -1.56. The molecule has 6 aliphatic carbocycles. The Kier molecular flexibility index (Phi) is 7.21. The van der Waals surface area contributed by atoms with E-state index in [1.54, 1.807) is 0 Å². The first kappa shape index (κ1) is 27.0. The molecule has 0 radical (unpaired) electrons. The lowest BCUT2D eigenvalue weighted by atomic mass is 9.20. The quantitative estimate of drug-likeness (QED) is 0.311. The number of fused-ring (bicyclic) bond motifs is 4. The van der Waals surface area contributed by atoms with Gasteiger partial charge in [0.1, 0.15) is 8.24 Å². The first-order valence-corrected chi connectivity index (χ1v) is 18.1. The van der Waals surface area contributed by atoms with Crippen molar-refractivity contribution in [2.75, 3.05) is 0 Å². The molecule has 0 aromatic carbocycles. The van der Waals surface area contributed by atoms with E-state index in [-0.39, 0.29) is 0 Å². The highest BCUT2D eigenvalue weighted by Crippen LogP contribution is 2.69. The topological polar surface area (TPSA) is 3.24 Å². The molecule has 0 N–H and O–H groups in total. The third kappa shape index (κ3) is 4.25. The summed E-state index contributed by atoms with van der Waals surface area (Å²) in [5, 5.41) is 0. The summed E-state index contributed by atoms with van der Waals surface area (Å²) in [6.07, 6.45) is 10.1. The van der Waals surface area contributed by atoms with E-state index in [1.165, 1.54) is 32.0 Å². The van der Waals surface area contributed by atoms with Crippen LogP contribution in [0.4, 0.5) is 0 Å². The summed E-state index contributed by atoms with van der Waals surface area (Å²) in [4.78, 5) is 0. The second-order valence-electron chi connectivity index (χ2n) is 15.8. The van der Waals surface area contributed by atoms with Gasteiger partial charge in [-0.1, -0.05) is 125 Å². The van der Waals surface area contributed by atoms with E-state index in [1.807, 2.05) is 0 Å². The van der Waals surface area contributed by atoms with Crippen molar-refractivity contribution in [2.24, 2.45) is 46.3 Å². The fourth-order valence-electron chi connectivity index (χ4n) is 10.7. The van der Waals surface area contributed by atoms with Gasteiger partial charge in [0.05, 0.1) is 0 Å². The number of allylic oxidation sites excluding steroid dienone is 1. The Balaban J connectivity index is 1.56. The molecule has 34 heavy (non-hydrogen) atoms. The summed E-state index contributed by atoms with van der Waals surface area (Å²) < 4.78 is 2.82. The van der Waals surface area contributed by atoms with Crippen LogP contribution in [0.1, 0.15) is 94.9 Å². The standard InChI is InChI=1S/C31H58BNSi/c1-20(2)33(21(3)4)34(11,12)15-13-14-32(28-18-24-16-26(22(28)5)30(24,7)8)29-19-25-17-27(23(29)6)31(25,9)10/h13,15,20-29H,14,16-19H2,1-12H3/b15-13+/t22-,23-,24+,25+,26-,27-,28-,29-/m0/s1. The van der Waals surface area contributed by atoms with E-state index in [0.29, 0.717) is 22.9 Å². The molecule has 4 bridgehead atoms. The predicted molar refractivity (Wildman–Crippen MR) is 155 cm³/mol. The van der Waals surface area contributed by atoms with Crippen LogP contribution in [0, 0.1) is 46.3 Å². The molecule has 6 rings (SSSR count). The summed E-state index contributed by atoms with van der Waals surface area (Å²) in [6.45, 7) is 31.2. The zero-order valence-electron chi connectivity index (χ0n) is 25.0. The minimum absolute atomic E-state index is 0.600. The van der Waals surface area contributed by atoms with Gasteiger partial charge in [0, 0.05) is 0 Å². The molecule has 0 unspecified atom stereocenters. The van der Waals surface area contributed by atoms with Gasteiger partial charge in [0.2, 0.25) is 0 Å². The molecule has 8 atom stereocenters. The number of hydrogen-bond acceptors (Lipinski definition) is 1. The molecule has 0 amide bonds. The molecule has 0 saturated heterocycles. The van der Waals surface area contributed by atoms with E-state index in [2.05, 4.69) is 98.7 Å². The molecule has 6 saturated carbocycles. The second-order valence-corrected chi connectivity index (χ2v) is 19.9. The lowest BCUT2D eigenvalue weighted by molar-refractivity contribution is -0.107. The van der Waals surface area contributed by atoms with Crippen LogP contribution in [0.25, 0.3) is 0 Å². The van der Waals surface area contributed by atoms with Crippen LogP contribution in [0.15, 0.2) is 11.8 Å². The zero-order valence-corrected chi connectivity index (χ0v) is 26.0. The SMILES string of the molecule is CC(C)N(C(C)C)[Si](C)(C)/C=C/CB([C@H]1C[C@H]2C[C@@H]([C@@H]1C)C2(C)C)[C@H]1C[C@H]2C[C@@H]([C@@H]1C)C2(C)C. The molecule has 6 aliphatic rings. The average Bonchev–Trinajstić information content (AvgIpc) is 2.70. The van der Waals surface area contributed by atoms with Gasteiger partial charge in [-0.25, -0.2) is 0 Å². The van der Waals surface area contributed by atoms with Crippen LogP contribution in [-0.2, 0) is 0 Å². The minimum Gasteiger partial charge on any atom is -0.316 e. The van der Waals surface area contributed by atoms with Gasteiger partial charge in [0.25, 0.3) is 0 Å². The van der Waals surface area contributed by atoms with E-state index < -0.39 is 8.24 Å². The lowest BCUT2D eigenvalue weighted by Gasteiger charge is -2.66. The Morgan fingerprint density at radius 3 is 1.53 bits per heavy atom. The molecule has 194 valence electrons. The normalized spacial score (nSPS) is 40.6. The van der Waals surface area contributed by atoms with Gasteiger partial charge in [0.15, 0.2) is 6.71 Å². The fourth-order valence-corrected chi connectivity index (χ4v) is 14.3. The maximum absolute atomic E-state index is 2.82. The molecule has 0 aliphatic heterocycles.